The van der Waals surface area contributed by atoms with Crippen LogP contribution in [0.5, 0.6) is 0 Å². The number of rotatable bonds is 4. The molecule has 20 heavy (non-hydrogen) atoms. The highest BCUT2D eigenvalue weighted by molar-refractivity contribution is 5.94. The van der Waals surface area contributed by atoms with Crippen LogP contribution in [0.1, 0.15) is 64.7 Å². The van der Waals surface area contributed by atoms with Crippen molar-refractivity contribution in [2.75, 3.05) is 0 Å². The molecule has 2 saturated carbocycles. The minimum atomic E-state index is -0.643. The van der Waals surface area contributed by atoms with Gasteiger partial charge in [0.05, 0.1) is 0 Å². The van der Waals surface area contributed by atoms with Gasteiger partial charge in [0.2, 0.25) is 5.91 Å². The molecule has 0 radical (unpaired) electrons. The maximum absolute atomic E-state index is 12.4. The Morgan fingerprint density at radius 2 is 1.80 bits per heavy atom. The van der Waals surface area contributed by atoms with Crippen LogP contribution in [0.4, 0.5) is 0 Å². The van der Waals surface area contributed by atoms with Gasteiger partial charge < -0.3 is 16.3 Å². The molecule has 1 amide bonds. The van der Waals surface area contributed by atoms with Gasteiger partial charge in [-0.25, -0.2) is 0 Å². The van der Waals surface area contributed by atoms with E-state index in [0.717, 1.165) is 51.4 Å². The van der Waals surface area contributed by atoms with Crippen molar-refractivity contribution in [3.05, 3.63) is 0 Å². The molecule has 5 nitrogen and oxygen atoms in total. The zero-order valence-corrected chi connectivity index (χ0v) is 12.4. The SMILES string of the molecule is CC(C(=O)NC1(C(N)=NO)CCCCCCC1)C1CC1. The number of nitrogens with zero attached hydrogens (tertiary/aromatic N) is 1. The molecule has 1 unspecified atom stereocenters. The predicted octanol–water partition coefficient (Wildman–Crippen LogP) is 2.38. The summed E-state index contributed by atoms with van der Waals surface area (Å²) >= 11 is 0. The van der Waals surface area contributed by atoms with Crippen LogP contribution >= 0.6 is 0 Å². The number of amidine groups is 1. The van der Waals surface area contributed by atoms with E-state index in [1.807, 2.05) is 6.92 Å². The molecule has 0 heterocycles. The maximum Gasteiger partial charge on any atom is 0.223 e. The Balaban J connectivity index is 2.10. The fourth-order valence-corrected chi connectivity index (χ4v) is 3.21. The zero-order valence-electron chi connectivity index (χ0n) is 12.4. The van der Waals surface area contributed by atoms with Gasteiger partial charge in [0.1, 0.15) is 5.54 Å². The number of oxime groups is 1. The van der Waals surface area contributed by atoms with Crippen molar-refractivity contribution < 1.29 is 10.0 Å². The molecule has 2 rings (SSSR count). The van der Waals surface area contributed by atoms with E-state index in [1.54, 1.807) is 0 Å². The lowest BCUT2D eigenvalue weighted by atomic mass is 9.82. The summed E-state index contributed by atoms with van der Waals surface area (Å²) in [5.74, 6) is 0.770. The summed E-state index contributed by atoms with van der Waals surface area (Å²) in [5, 5.41) is 15.4. The van der Waals surface area contributed by atoms with Crippen LogP contribution in [0.15, 0.2) is 5.16 Å². The standard InChI is InChI=1S/C15H27N3O2/c1-11(12-7-8-12)13(19)17-15(14(16)18-20)9-5-3-2-4-6-10-15/h11-12,20H,2-10H2,1H3,(H2,16,18)(H,17,19). The van der Waals surface area contributed by atoms with Crippen molar-refractivity contribution in [3.8, 4) is 0 Å². The number of carbonyl (C=O) groups excluding carboxylic acids is 1. The molecule has 0 aromatic carbocycles. The molecule has 0 aliphatic heterocycles. The Morgan fingerprint density at radius 1 is 1.25 bits per heavy atom. The Hall–Kier alpha value is -1.26. The monoisotopic (exact) mass is 281 g/mol. The van der Waals surface area contributed by atoms with Gasteiger partial charge in [0.15, 0.2) is 5.84 Å². The highest BCUT2D eigenvalue weighted by Crippen LogP contribution is 2.37. The second-order valence-electron chi connectivity index (χ2n) is 6.45. The first-order valence-electron chi connectivity index (χ1n) is 7.89. The smallest absolute Gasteiger partial charge is 0.223 e. The van der Waals surface area contributed by atoms with Gasteiger partial charge in [-0.15, -0.1) is 0 Å². The molecule has 2 fully saturated rings. The fraction of sp³-hybridized carbons (Fsp3) is 0.867. The molecule has 0 aromatic heterocycles. The summed E-state index contributed by atoms with van der Waals surface area (Å²) in [5.41, 5.74) is 5.29. The predicted molar refractivity (Wildman–Crippen MR) is 78.5 cm³/mol. The third kappa shape index (κ3) is 3.44. The van der Waals surface area contributed by atoms with E-state index in [2.05, 4.69) is 10.5 Å². The number of hydrogen-bond acceptors (Lipinski definition) is 3. The molecule has 4 N–H and O–H groups in total. The normalized spacial score (nSPS) is 25.4. The summed E-state index contributed by atoms with van der Waals surface area (Å²) < 4.78 is 0. The number of carbonyl (C=O) groups is 1. The van der Waals surface area contributed by atoms with Crippen molar-refractivity contribution in [2.24, 2.45) is 22.7 Å². The topological polar surface area (TPSA) is 87.7 Å². The van der Waals surface area contributed by atoms with Crippen molar-refractivity contribution in [3.63, 3.8) is 0 Å². The van der Waals surface area contributed by atoms with Crippen LogP contribution in [0.25, 0.3) is 0 Å². The van der Waals surface area contributed by atoms with Crippen LogP contribution in [0, 0.1) is 11.8 Å². The number of amides is 1. The molecular weight excluding hydrogens is 254 g/mol. The minimum absolute atomic E-state index is 0.0313. The summed E-state index contributed by atoms with van der Waals surface area (Å²) in [6.45, 7) is 1.98. The van der Waals surface area contributed by atoms with E-state index >= 15 is 0 Å². The van der Waals surface area contributed by atoms with Crippen LogP contribution in [-0.2, 0) is 4.79 Å². The van der Waals surface area contributed by atoms with Crippen LogP contribution in [0.3, 0.4) is 0 Å². The molecule has 114 valence electrons. The lowest BCUT2D eigenvalue weighted by Gasteiger charge is -2.36. The van der Waals surface area contributed by atoms with Crippen LogP contribution in [0.2, 0.25) is 0 Å². The summed E-state index contributed by atoms with van der Waals surface area (Å²) in [6, 6.07) is 0. The molecule has 0 bridgehead atoms. The van der Waals surface area contributed by atoms with Crippen molar-refractivity contribution in [1.29, 1.82) is 0 Å². The van der Waals surface area contributed by atoms with Gasteiger partial charge in [-0.2, -0.15) is 0 Å². The third-order valence-electron chi connectivity index (χ3n) is 4.91. The van der Waals surface area contributed by atoms with E-state index in [-0.39, 0.29) is 17.7 Å². The first-order valence-corrected chi connectivity index (χ1v) is 7.89. The molecule has 0 saturated heterocycles. The summed E-state index contributed by atoms with van der Waals surface area (Å²) in [6.07, 6.45) is 9.37. The van der Waals surface area contributed by atoms with Gasteiger partial charge in [-0.05, 0) is 31.6 Å². The van der Waals surface area contributed by atoms with Gasteiger partial charge in [-0.3, -0.25) is 4.79 Å². The maximum atomic E-state index is 12.4. The Labute approximate surface area is 121 Å². The molecular formula is C15H27N3O2. The Morgan fingerprint density at radius 3 is 2.30 bits per heavy atom. The van der Waals surface area contributed by atoms with Gasteiger partial charge in [-0.1, -0.05) is 44.2 Å². The van der Waals surface area contributed by atoms with E-state index < -0.39 is 5.54 Å². The highest BCUT2D eigenvalue weighted by Gasteiger charge is 2.40. The van der Waals surface area contributed by atoms with Gasteiger partial charge in [0, 0.05) is 5.92 Å². The second kappa shape index (κ2) is 6.46. The van der Waals surface area contributed by atoms with Gasteiger partial charge in [0.25, 0.3) is 0 Å². The van der Waals surface area contributed by atoms with Gasteiger partial charge >= 0.3 is 0 Å². The molecule has 2 aliphatic carbocycles. The number of nitrogens with one attached hydrogen (secondary N) is 1. The fourth-order valence-electron chi connectivity index (χ4n) is 3.21. The largest absolute Gasteiger partial charge is 0.409 e. The zero-order chi connectivity index (χ0) is 14.6. The minimum Gasteiger partial charge on any atom is -0.409 e. The lowest BCUT2D eigenvalue weighted by molar-refractivity contribution is -0.126. The number of nitrogens with two attached hydrogens (primary N) is 1. The van der Waals surface area contributed by atoms with Crippen molar-refractivity contribution >= 4 is 11.7 Å². The Bertz CT molecular complexity index is 369. The van der Waals surface area contributed by atoms with Crippen LogP contribution in [-0.4, -0.2) is 22.5 Å². The summed E-state index contributed by atoms with van der Waals surface area (Å²) in [4.78, 5) is 12.4. The molecule has 2 aliphatic rings. The van der Waals surface area contributed by atoms with Crippen LogP contribution < -0.4 is 11.1 Å². The average Bonchev–Trinajstić information content (AvgIpc) is 3.24. The summed E-state index contributed by atoms with van der Waals surface area (Å²) in [7, 11) is 0. The van der Waals surface area contributed by atoms with E-state index in [0.29, 0.717) is 5.92 Å². The lowest BCUT2D eigenvalue weighted by Crippen LogP contribution is -2.59. The molecule has 0 aromatic rings. The quantitative estimate of drug-likeness (QED) is 0.320. The van der Waals surface area contributed by atoms with E-state index in [4.69, 9.17) is 10.9 Å². The molecule has 1 atom stereocenters. The molecule has 5 heteroatoms. The first-order chi connectivity index (χ1) is 9.59. The van der Waals surface area contributed by atoms with E-state index in [1.165, 1.54) is 6.42 Å². The first kappa shape index (κ1) is 15.1. The number of hydrogen-bond donors (Lipinski definition) is 3. The second-order valence-corrected chi connectivity index (χ2v) is 6.45. The molecule has 0 spiro atoms. The highest BCUT2D eigenvalue weighted by atomic mass is 16.4. The van der Waals surface area contributed by atoms with Crippen molar-refractivity contribution in [1.82, 2.24) is 5.32 Å². The Kier molecular flexibility index (Phi) is 4.89. The van der Waals surface area contributed by atoms with Crippen molar-refractivity contribution in [2.45, 2.75) is 70.3 Å². The average molecular weight is 281 g/mol. The van der Waals surface area contributed by atoms with E-state index in [9.17, 15) is 4.79 Å². The third-order valence-corrected chi connectivity index (χ3v) is 4.91.